The molecule has 2 rings (SSSR count). The molecule has 152 valence electrons. The molecule has 0 saturated carbocycles. The lowest BCUT2D eigenvalue weighted by molar-refractivity contribution is 0.102. The maximum atomic E-state index is 12.8. The van der Waals surface area contributed by atoms with Gasteiger partial charge in [0.15, 0.2) is 0 Å². The summed E-state index contributed by atoms with van der Waals surface area (Å²) >= 11 is 6.13. The van der Waals surface area contributed by atoms with Gasteiger partial charge in [-0.3, -0.25) is 4.79 Å². The Morgan fingerprint density at radius 1 is 1.04 bits per heavy atom. The number of nitrogens with one attached hydrogen (secondary N) is 1. The number of carbonyl (C=O) groups is 1. The van der Waals surface area contributed by atoms with E-state index in [1.807, 2.05) is 24.3 Å². The molecule has 28 heavy (non-hydrogen) atoms. The van der Waals surface area contributed by atoms with E-state index < -0.39 is 10.0 Å². The number of amides is 1. The smallest absolute Gasteiger partial charge is 0.255 e. The van der Waals surface area contributed by atoms with Crippen LogP contribution >= 0.6 is 11.6 Å². The number of benzene rings is 2. The van der Waals surface area contributed by atoms with E-state index in [4.69, 9.17) is 11.6 Å². The molecule has 0 spiro atoms. The van der Waals surface area contributed by atoms with Crippen LogP contribution in [0.3, 0.4) is 0 Å². The molecule has 0 heterocycles. The molecule has 0 aliphatic carbocycles. The third-order valence-corrected chi connectivity index (χ3v) is 7.08. The fraction of sp³-hybridized carbons (Fsp3) is 0.381. The van der Waals surface area contributed by atoms with Crippen molar-refractivity contribution in [2.45, 2.75) is 44.9 Å². The highest BCUT2D eigenvalue weighted by molar-refractivity contribution is 7.89. The van der Waals surface area contributed by atoms with Crippen molar-refractivity contribution >= 4 is 33.2 Å². The summed E-state index contributed by atoms with van der Waals surface area (Å²) in [4.78, 5) is 12.6. The van der Waals surface area contributed by atoms with Gasteiger partial charge >= 0.3 is 0 Å². The number of sulfonamides is 1. The quantitative estimate of drug-likeness (QED) is 0.620. The average Bonchev–Trinajstić information content (AvgIpc) is 2.68. The fourth-order valence-corrected chi connectivity index (χ4v) is 4.84. The van der Waals surface area contributed by atoms with Crippen molar-refractivity contribution in [1.82, 2.24) is 4.31 Å². The van der Waals surface area contributed by atoms with Crippen LogP contribution in [0.2, 0.25) is 5.02 Å². The van der Waals surface area contributed by atoms with Gasteiger partial charge in [-0.15, -0.1) is 0 Å². The topological polar surface area (TPSA) is 66.5 Å². The van der Waals surface area contributed by atoms with Crippen molar-refractivity contribution in [1.29, 1.82) is 0 Å². The first-order valence-corrected chi connectivity index (χ1v) is 11.3. The van der Waals surface area contributed by atoms with Gasteiger partial charge in [0.25, 0.3) is 5.91 Å². The molecule has 0 bridgehead atoms. The molecule has 1 amide bonds. The normalized spacial score (nSPS) is 11.6. The number of hydrogen-bond acceptors (Lipinski definition) is 3. The Morgan fingerprint density at radius 2 is 1.68 bits per heavy atom. The lowest BCUT2D eigenvalue weighted by atomic mass is 10.1. The molecule has 0 saturated heterocycles. The van der Waals surface area contributed by atoms with Crippen LogP contribution in [0.25, 0.3) is 0 Å². The van der Waals surface area contributed by atoms with Gasteiger partial charge in [0, 0.05) is 24.3 Å². The molecule has 2 aromatic rings. The maximum Gasteiger partial charge on any atom is 0.255 e. The molecule has 0 aromatic heterocycles. The van der Waals surface area contributed by atoms with E-state index in [1.54, 1.807) is 13.8 Å². The van der Waals surface area contributed by atoms with E-state index in [-0.39, 0.29) is 21.4 Å². The zero-order valence-corrected chi connectivity index (χ0v) is 18.1. The van der Waals surface area contributed by atoms with Gasteiger partial charge in [-0.25, -0.2) is 8.42 Å². The third kappa shape index (κ3) is 5.34. The van der Waals surface area contributed by atoms with Gasteiger partial charge in [0.2, 0.25) is 10.0 Å². The van der Waals surface area contributed by atoms with Crippen LogP contribution < -0.4 is 5.32 Å². The summed E-state index contributed by atoms with van der Waals surface area (Å²) in [5.41, 5.74) is 2.12. The van der Waals surface area contributed by atoms with E-state index in [0.717, 1.165) is 19.3 Å². The standard InChI is InChI=1S/C21H27ClN2O3S/c1-4-7-8-16-9-12-18(13-10-16)23-21(25)17-11-14-19(22)20(15-17)28(26,27)24(5-2)6-3/h9-15H,4-8H2,1-3H3,(H,23,25). The van der Waals surface area contributed by atoms with Gasteiger partial charge in [-0.2, -0.15) is 4.31 Å². The minimum absolute atomic E-state index is 0.0552. The third-order valence-electron chi connectivity index (χ3n) is 4.55. The molecule has 7 heteroatoms. The van der Waals surface area contributed by atoms with Crippen LogP contribution in [-0.2, 0) is 16.4 Å². The summed E-state index contributed by atoms with van der Waals surface area (Å²) in [6.45, 7) is 6.33. The van der Waals surface area contributed by atoms with Crippen LogP contribution in [-0.4, -0.2) is 31.7 Å². The Labute approximate surface area is 172 Å². The first-order chi connectivity index (χ1) is 13.3. The molecule has 0 unspecified atom stereocenters. The predicted octanol–water partition coefficient (Wildman–Crippen LogP) is 4.97. The van der Waals surface area contributed by atoms with Crippen LogP contribution in [0.1, 0.15) is 49.5 Å². The van der Waals surface area contributed by atoms with Gasteiger partial charge in [0.05, 0.1) is 5.02 Å². The van der Waals surface area contributed by atoms with E-state index in [0.29, 0.717) is 18.8 Å². The largest absolute Gasteiger partial charge is 0.322 e. The van der Waals surface area contributed by atoms with E-state index in [9.17, 15) is 13.2 Å². The number of unbranched alkanes of at least 4 members (excludes halogenated alkanes) is 1. The number of aryl methyl sites for hydroxylation is 1. The lowest BCUT2D eigenvalue weighted by Crippen LogP contribution is -2.31. The molecule has 0 atom stereocenters. The van der Waals surface area contributed by atoms with Gasteiger partial charge in [-0.1, -0.05) is 50.9 Å². The Hall–Kier alpha value is -1.89. The number of carbonyl (C=O) groups excluding carboxylic acids is 1. The minimum Gasteiger partial charge on any atom is -0.322 e. The molecule has 5 nitrogen and oxygen atoms in total. The molecule has 1 N–H and O–H groups in total. The number of anilines is 1. The predicted molar refractivity (Wildman–Crippen MR) is 115 cm³/mol. The maximum absolute atomic E-state index is 12.8. The molecule has 0 fully saturated rings. The van der Waals surface area contributed by atoms with Crippen LogP contribution in [0, 0.1) is 0 Å². The summed E-state index contributed by atoms with van der Waals surface area (Å²) in [5, 5.41) is 2.91. The summed E-state index contributed by atoms with van der Waals surface area (Å²) in [7, 11) is -3.75. The summed E-state index contributed by atoms with van der Waals surface area (Å²) in [5.74, 6) is -0.381. The Morgan fingerprint density at radius 3 is 2.25 bits per heavy atom. The number of rotatable bonds is 9. The molecular weight excluding hydrogens is 396 g/mol. The van der Waals surface area contributed by atoms with E-state index >= 15 is 0 Å². The number of nitrogens with zero attached hydrogens (tertiary/aromatic N) is 1. The van der Waals surface area contributed by atoms with Crippen molar-refractivity contribution in [2.24, 2.45) is 0 Å². The number of halogens is 1. The Balaban J connectivity index is 2.23. The highest BCUT2D eigenvalue weighted by Crippen LogP contribution is 2.26. The van der Waals surface area contributed by atoms with Crippen molar-refractivity contribution in [3.63, 3.8) is 0 Å². The molecule has 0 radical (unpaired) electrons. The number of hydrogen-bond donors (Lipinski definition) is 1. The molecule has 0 aliphatic heterocycles. The Bertz CT molecular complexity index is 908. The second kappa shape index (κ2) is 10.0. The summed E-state index contributed by atoms with van der Waals surface area (Å²) in [6, 6.07) is 12.0. The zero-order chi connectivity index (χ0) is 20.7. The first kappa shape index (κ1) is 22.4. The van der Waals surface area contributed by atoms with Crippen molar-refractivity contribution in [3.05, 3.63) is 58.6 Å². The second-order valence-electron chi connectivity index (χ2n) is 6.49. The van der Waals surface area contributed by atoms with Crippen LogP contribution in [0.4, 0.5) is 5.69 Å². The van der Waals surface area contributed by atoms with Crippen molar-refractivity contribution in [2.75, 3.05) is 18.4 Å². The van der Waals surface area contributed by atoms with Crippen molar-refractivity contribution in [3.8, 4) is 0 Å². The lowest BCUT2D eigenvalue weighted by Gasteiger charge is -2.19. The van der Waals surface area contributed by atoms with E-state index in [1.165, 1.54) is 28.1 Å². The SMILES string of the molecule is CCCCc1ccc(NC(=O)c2ccc(Cl)c(S(=O)(=O)N(CC)CC)c2)cc1. The van der Waals surface area contributed by atoms with Gasteiger partial charge in [-0.05, 0) is 48.7 Å². The molecule has 0 aliphatic rings. The highest BCUT2D eigenvalue weighted by Gasteiger charge is 2.25. The zero-order valence-electron chi connectivity index (χ0n) is 16.5. The monoisotopic (exact) mass is 422 g/mol. The average molecular weight is 423 g/mol. The van der Waals surface area contributed by atoms with Crippen molar-refractivity contribution < 1.29 is 13.2 Å². The fourth-order valence-electron chi connectivity index (χ4n) is 2.88. The first-order valence-electron chi connectivity index (χ1n) is 9.53. The Kier molecular flexibility index (Phi) is 8.04. The minimum atomic E-state index is -3.75. The van der Waals surface area contributed by atoms with Crippen LogP contribution in [0.5, 0.6) is 0 Å². The van der Waals surface area contributed by atoms with Gasteiger partial charge < -0.3 is 5.32 Å². The summed E-state index contributed by atoms with van der Waals surface area (Å²) < 4.78 is 26.9. The highest BCUT2D eigenvalue weighted by atomic mass is 35.5. The van der Waals surface area contributed by atoms with E-state index in [2.05, 4.69) is 12.2 Å². The van der Waals surface area contributed by atoms with Gasteiger partial charge in [0.1, 0.15) is 4.90 Å². The molecule has 2 aromatic carbocycles. The summed E-state index contributed by atoms with van der Waals surface area (Å²) in [6.07, 6.45) is 3.27. The molecular formula is C21H27ClN2O3S. The van der Waals surface area contributed by atoms with Crippen LogP contribution in [0.15, 0.2) is 47.4 Å². The second-order valence-corrected chi connectivity index (χ2v) is 8.80.